The number of nitrogens with zero attached hydrogens (tertiary/aromatic N) is 5. The Hall–Kier alpha value is -2.18. The van der Waals surface area contributed by atoms with Crippen LogP contribution in [0.25, 0.3) is 11.4 Å². The van der Waals surface area contributed by atoms with Gasteiger partial charge in [-0.25, -0.2) is 0 Å². The van der Waals surface area contributed by atoms with Crippen molar-refractivity contribution in [1.82, 2.24) is 19.9 Å². The number of rotatable bonds is 6. The third kappa shape index (κ3) is 8.76. The van der Waals surface area contributed by atoms with Crippen LogP contribution >= 0.6 is 0 Å². The van der Waals surface area contributed by atoms with Gasteiger partial charge in [0.25, 0.3) is 0 Å². The SMILES string of the molecule is C=CC(C)(C)C.CC(C)c1nc(-c2ccc(N3CCN(CCC4CCN(C)CC4)CC3)cc2)no1. The molecule has 0 bridgehead atoms. The lowest BCUT2D eigenvalue weighted by molar-refractivity contribution is 0.182. The quantitative estimate of drug-likeness (QED) is 0.477. The summed E-state index contributed by atoms with van der Waals surface area (Å²) in [6, 6.07) is 8.59. The van der Waals surface area contributed by atoms with Crippen molar-refractivity contribution in [3.63, 3.8) is 0 Å². The summed E-state index contributed by atoms with van der Waals surface area (Å²) in [5.74, 6) is 2.56. The van der Waals surface area contributed by atoms with Crippen LogP contribution < -0.4 is 4.90 Å². The first-order valence-corrected chi connectivity index (χ1v) is 13.4. The topological polar surface area (TPSA) is 48.6 Å². The Kier molecular flexibility index (Phi) is 9.93. The number of allylic oxidation sites excluding steroid dienone is 1. The molecule has 1 aromatic carbocycles. The number of benzene rings is 1. The molecule has 194 valence electrons. The van der Waals surface area contributed by atoms with E-state index >= 15 is 0 Å². The molecule has 0 amide bonds. The van der Waals surface area contributed by atoms with Crippen molar-refractivity contribution in [2.24, 2.45) is 11.3 Å². The summed E-state index contributed by atoms with van der Waals surface area (Å²) < 4.78 is 5.33. The molecule has 1 aromatic heterocycles. The van der Waals surface area contributed by atoms with Crippen LogP contribution in [0.5, 0.6) is 0 Å². The van der Waals surface area contributed by atoms with E-state index in [1.54, 1.807) is 0 Å². The lowest BCUT2D eigenvalue weighted by Crippen LogP contribution is -2.47. The first kappa shape index (κ1) is 27.4. The molecule has 3 heterocycles. The van der Waals surface area contributed by atoms with Gasteiger partial charge in [-0.1, -0.05) is 45.9 Å². The molecule has 0 aliphatic carbocycles. The average molecular weight is 482 g/mol. The van der Waals surface area contributed by atoms with Crippen molar-refractivity contribution in [2.75, 3.05) is 57.8 Å². The Bertz CT molecular complexity index is 883. The van der Waals surface area contributed by atoms with Gasteiger partial charge in [0.15, 0.2) is 0 Å². The fourth-order valence-corrected chi connectivity index (χ4v) is 4.35. The Morgan fingerprint density at radius 3 is 2.14 bits per heavy atom. The minimum atomic E-state index is 0.256. The Labute approximate surface area is 213 Å². The maximum Gasteiger partial charge on any atom is 0.229 e. The second-order valence-electron chi connectivity index (χ2n) is 11.6. The van der Waals surface area contributed by atoms with Crippen LogP contribution in [0.2, 0.25) is 0 Å². The Morgan fingerprint density at radius 2 is 1.63 bits per heavy atom. The molecule has 4 rings (SSSR count). The van der Waals surface area contributed by atoms with Crippen molar-refractivity contribution in [3.8, 4) is 11.4 Å². The number of likely N-dealkylation sites (tertiary alicyclic amines) is 1. The molecular formula is C29H47N5O. The van der Waals surface area contributed by atoms with Gasteiger partial charge in [0.05, 0.1) is 0 Å². The standard InChI is InChI=1S/C23H35N5O.C6H12/c1-18(2)23-24-22(25-29-23)20-4-6-21(7-5-20)28-16-14-27(15-17-28)13-10-19-8-11-26(3)12-9-19;1-5-6(2,3)4/h4-7,18-19H,8-17H2,1-3H3;5H,1H2,2-4H3. The van der Waals surface area contributed by atoms with E-state index in [0.717, 1.165) is 37.7 Å². The van der Waals surface area contributed by atoms with E-state index in [2.05, 4.69) is 97.4 Å². The van der Waals surface area contributed by atoms with Gasteiger partial charge in [-0.15, -0.1) is 6.58 Å². The van der Waals surface area contributed by atoms with E-state index in [0.29, 0.717) is 17.1 Å². The number of aromatic nitrogens is 2. The highest BCUT2D eigenvalue weighted by atomic mass is 16.5. The highest BCUT2D eigenvalue weighted by Crippen LogP contribution is 2.24. The zero-order valence-corrected chi connectivity index (χ0v) is 23.0. The second kappa shape index (κ2) is 12.7. The molecule has 2 aromatic rings. The molecule has 6 nitrogen and oxygen atoms in total. The summed E-state index contributed by atoms with van der Waals surface area (Å²) >= 11 is 0. The predicted octanol–water partition coefficient (Wildman–Crippen LogP) is 5.93. The molecule has 0 unspecified atom stereocenters. The number of piperidine rings is 1. The first-order chi connectivity index (χ1) is 16.6. The monoisotopic (exact) mass is 481 g/mol. The molecule has 0 spiro atoms. The maximum absolute atomic E-state index is 5.33. The molecule has 2 saturated heterocycles. The number of hydrogen-bond donors (Lipinski definition) is 0. The molecule has 2 aliphatic rings. The first-order valence-electron chi connectivity index (χ1n) is 13.4. The van der Waals surface area contributed by atoms with Crippen LogP contribution in [-0.4, -0.2) is 72.8 Å². The second-order valence-corrected chi connectivity index (χ2v) is 11.6. The van der Waals surface area contributed by atoms with Crippen molar-refractivity contribution in [3.05, 3.63) is 42.8 Å². The van der Waals surface area contributed by atoms with Crippen LogP contribution in [-0.2, 0) is 0 Å². The minimum Gasteiger partial charge on any atom is -0.369 e. The minimum absolute atomic E-state index is 0.256. The number of hydrogen-bond acceptors (Lipinski definition) is 6. The van der Waals surface area contributed by atoms with Crippen LogP contribution in [0.15, 0.2) is 41.4 Å². The third-order valence-electron chi connectivity index (χ3n) is 7.10. The molecule has 0 N–H and O–H groups in total. The van der Waals surface area contributed by atoms with Crippen molar-refractivity contribution < 1.29 is 4.52 Å². The smallest absolute Gasteiger partial charge is 0.229 e. The zero-order chi connectivity index (χ0) is 25.4. The normalized spacial score (nSPS) is 18.4. The van der Waals surface area contributed by atoms with Crippen molar-refractivity contribution >= 4 is 5.69 Å². The third-order valence-corrected chi connectivity index (χ3v) is 7.10. The van der Waals surface area contributed by atoms with Crippen LogP contribution in [0.1, 0.15) is 65.7 Å². The number of anilines is 1. The molecule has 6 heteroatoms. The van der Waals surface area contributed by atoms with E-state index < -0.39 is 0 Å². The highest BCUT2D eigenvalue weighted by Gasteiger charge is 2.21. The Balaban J connectivity index is 0.000000509. The summed E-state index contributed by atoms with van der Waals surface area (Å²) in [6.45, 7) is 22.5. The fourth-order valence-electron chi connectivity index (χ4n) is 4.35. The molecule has 0 radical (unpaired) electrons. The van der Waals surface area contributed by atoms with E-state index in [1.807, 2.05) is 6.08 Å². The van der Waals surface area contributed by atoms with Crippen LogP contribution in [0.4, 0.5) is 5.69 Å². The predicted molar refractivity (Wildman–Crippen MR) is 147 cm³/mol. The number of piperazine rings is 1. The van der Waals surface area contributed by atoms with Gasteiger partial charge in [-0.2, -0.15) is 4.98 Å². The average Bonchev–Trinajstić information content (AvgIpc) is 3.35. The largest absolute Gasteiger partial charge is 0.369 e. The van der Waals surface area contributed by atoms with Crippen LogP contribution in [0, 0.1) is 11.3 Å². The van der Waals surface area contributed by atoms with Gasteiger partial charge in [-0.05, 0) is 81.5 Å². The van der Waals surface area contributed by atoms with Gasteiger partial charge >= 0.3 is 0 Å². The maximum atomic E-state index is 5.33. The van der Waals surface area contributed by atoms with Crippen molar-refractivity contribution in [2.45, 2.75) is 59.8 Å². The molecule has 0 atom stereocenters. The van der Waals surface area contributed by atoms with Crippen molar-refractivity contribution in [1.29, 1.82) is 0 Å². The van der Waals surface area contributed by atoms with Gasteiger partial charge in [0, 0.05) is 43.3 Å². The Morgan fingerprint density at radius 1 is 1.03 bits per heavy atom. The lowest BCUT2D eigenvalue weighted by Gasteiger charge is -2.37. The highest BCUT2D eigenvalue weighted by molar-refractivity contribution is 5.60. The van der Waals surface area contributed by atoms with Crippen LogP contribution in [0.3, 0.4) is 0 Å². The molecule has 0 saturated carbocycles. The van der Waals surface area contributed by atoms with E-state index in [-0.39, 0.29) is 5.92 Å². The summed E-state index contributed by atoms with van der Waals surface area (Å²) in [7, 11) is 2.24. The molecule has 2 aliphatic heterocycles. The lowest BCUT2D eigenvalue weighted by atomic mass is 9.93. The summed E-state index contributed by atoms with van der Waals surface area (Å²) in [5, 5.41) is 4.11. The van der Waals surface area contributed by atoms with Gasteiger partial charge in [-0.3, -0.25) is 4.90 Å². The molecule has 35 heavy (non-hydrogen) atoms. The summed E-state index contributed by atoms with van der Waals surface area (Å²) in [6.07, 6.45) is 6.06. The fraction of sp³-hybridized carbons (Fsp3) is 0.655. The summed E-state index contributed by atoms with van der Waals surface area (Å²) in [4.78, 5) is 12.1. The van der Waals surface area contributed by atoms with E-state index in [4.69, 9.17) is 4.52 Å². The van der Waals surface area contributed by atoms with Gasteiger partial charge < -0.3 is 14.3 Å². The summed E-state index contributed by atoms with van der Waals surface area (Å²) in [5.41, 5.74) is 2.61. The van der Waals surface area contributed by atoms with E-state index in [1.165, 1.54) is 44.6 Å². The molecular weight excluding hydrogens is 434 g/mol. The van der Waals surface area contributed by atoms with Gasteiger partial charge in [0.2, 0.25) is 11.7 Å². The van der Waals surface area contributed by atoms with Gasteiger partial charge in [0.1, 0.15) is 0 Å². The molecule has 2 fully saturated rings. The van der Waals surface area contributed by atoms with E-state index in [9.17, 15) is 0 Å². The zero-order valence-electron chi connectivity index (χ0n) is 23.0.